The normalized spacial score (nSPS) is 13.9. The second-order valence-corrected chi connectivity index (χ2v) is 8.07. The van der Waals surface area contributed by atoms with Gasteiger partial charge in [0.25, 0.3) is 10.1 Å². The monoisotopic (exact) mass is 378 g/mol. The van der Waals surface area contributed by atoms with Crippen LogP contribution in [0.15, 0.2) is 12.4 Å². The highest BCUT2D eigenvalue weighted by atomic mass is 32.2. The topological polar surface area (TPSA) is 70.1 Å². The van der Waals surface area contributed by atoms with Gasteiger partial charge in [0.1, 0.15) is 6.67 Å². The van der Waals surface area contributed by atoms with E-state index in [1.807, 2.05) is 26.4 Å². The molecule has 0 radical (unpaired) electrons. The Morgan fingerprint density at radius 3 is 1.84 bits per heavy atom. The van der Waals surface area contributed by atoms with E-state index in [9.17, 15) is 8.42 Å². The van der Waals surface area contributed by atoms with Crippen molar-refractivity contribution in [3.63, 3.8) is 0 Å². The Bertz CT molecular complexity index is 427. The predicted octanol–water partition coefficient (Wildman–Crippen LogP) is 4.41. The molecule has 0 amide bonds. The standard InChI is InChI=1S/C12H26O3S.C6H12N2O/c1-2-3-4-5-6-7-8-9-10-11-12-16(13,14)15;1-3-9-8-5-4-7(2)6-8/h2-12H2,1H3,(H,13,14,15);4-5H,3,6H2,1-2H3. The second kappa shape index (κ2) is 15.5. The molecule has 0 aromatic heterocycles. The van der Waals surface area contributed by atoms with Gasteiger partial charge in [0.15, 0.2) is 0 Å². The van der Waals surface area contributed by atoms with Crippen molar-refractivity contribution in [2.75, 3.05) is 26.1 Å². The maximum Gasteiger partial charge on any atom is 0.264 e. The molecule has 1 rings (SSSR count). The zero-order valence-corrected chi connectivity index (χ0v) is 17.1. The minimum atomic E-state index is -3.73. The molecule has 0 bridgehead atoms. The molecule has 0 fully saturated rings. The molecule has 1 aliphatic rings. The number of hydroxylamine groups is 2. The molecule has 0 saturated heterocycles. The summed E-state index contributed by atoms with van der Waals surface area (Å²) in [4.78, 5) is 7.23. The van der Waals surface area contributed by atoms with Crippen LogP contribution in [0.1, 0.15) is 78.1 Å². The van der Waals surface area contributed by atoms with E-state index in [4.69, 9.17) is 9.39 Å². The van der Waals surface area contributed by atoms with E-state index in [1.165, 1.54) is 44.9 Å². The van der Waals surface area contributed by atoms with Crippen LogP contribution in [0, 0.1) is 0 Å². The van der Waals surface area contributed by atoms with Gasteiger partial charge in [-0.2, -0.15) is 8.42 Å². The van der Waals surface area contributed by atoms with Gasteiger partial charge in [-0.15, -0.1) is 0 Å². The minimum absolute atomic E-state index is 0.0799. The molecular weight excluding hydrogens is 340 g/mol. The van der Waals surface area contributed by atoms with Crippen LogP contribution in [-0.4, -0.2) is 49.0 Å². The Morgan fingerprint density at radius 2 is 1.44 bits per heavy atom. The van der Waals surface area contributed by atoms with Crippen molar-refractivity contribution in [1.29, 1.82) is 0 Å². The van der Waals surface area contributed by atoms with Crippen molar-refractivity contribution in [2.45, 2.75) is 78.1 Å². The highest BCUT2D eigenvalue weighted by Crippen LogP contribution is 2.10. The molecule has 0 atom stereocenters. The van der Waals surface area contributed by atoms with Gasteiger partial charge in [0, 0.05) is 19.4 Å². The lowest BCUT2D eigenvalue weighted by atomic mass is 10.1. The maximum atomic E-state index is 10.4. The third kappa shape index (κ3) is 17.8. The molecule has 150 valence electrons. The van der Waals surface area contributed by atoms with Crippen LogP contribution in [-0.2, 0) is 15.0 Å². The van der Waals surface area contributed by atoms with Crippen molar-refractivity contribution in [1.82, 2.24) is 9.96 Å². The molecule has 1 N–H and O–H groups in total. The summed E-state index contributed by atoms with van der Waals surface area (Å²) in [5, 5.41) is 1.81. The lowest BCUT2D eigenvalue weighted by Crippen LogP contribution is -2.22. The van der Waals surface area contributed by atoms with Crippen LogP contribution >= 0.6 is 0 Å². The summed E-state index contributed by atoms with van der Waals surface area (Å²) >= 11 is 0. The summed E-state index contributed by atoms with van der Waals surface area (Å²) in [7, 11) is -1.72. The molecule has 1 heterocycles. The van der Waals surface area contributed by atoms with E-state index >= 15 is 0 Å². The average Bonchev–Trinajstić information content (AvgIpc) is 2.94. The third-order valence-corrected chi connectivity index (χ3v) is 4.71. The number of unbranched alkanes of at least 4 members (excludes halogenated alkanes) is 9. The Hall–Kier alpha value is -0.790. The lowest BCUT2D eigenvalue weighted by molar-refractivity contribution is -0.121. The first-order valence-electron chi connectivity index (χ1n) is 9.62. The van der Waals surface area contributed by atoms with Crippen molar-refractivity contribution in [3.05, 3.63) is 12.4 Å². The van der Waals surface area contributed by atoms with Gasteiger partial charge >= 0.3 is 0 Å². The lowest BCUT2D eigenvalue weighted by Gasteiger charge is -2.15. The number of hydrogen-bond donors (Lipinski definition) is 1. The Kier molecular flexibility index (Phi) is 15.0. The number of hydrogen-bond acceptors (Lipinski definition) is 5. The van der Waals surface area contributed by atoms with E-state index in [0.29, 0.717) is 6.42 Å². The Morgan fingerprint density at radius 1 is 0.920 bits per heavy atom. The van der Waals surface area contributed by atoms with Gasteiger partial charge < -0.3 is 4.90 Å². The van der Waals surface area contributed by atoms with E-state index < -0.39 is 10.1 Å². The SMILES string of the molecule is CCCCCCCCCCCCS(=O)(=O)O.CCON1C=CN(C)C1. The zero-order chi connectivity index (χ0) is 19.0. The van der Waals surface area contributed by atoms with Crippen LogP contribution in [0.5, 0.6) is 0 Å². The first-order chi connectivity index (χ1) is 11.9. The van der Waals surface area contributed by atoms with Crippen LogP contribution < -0.4 is 0 Å². The van der Waals surface area contributed by atoms with Gasteiger partial charge in [-0.3, -0.25) is 9.39 Å². The smallest absolute Gasteiger partial charge is 0.264 e. The molecule has 6 nitrogen and oxygen atoms in total. The van der Waals surface area contributed by atoms with Gasteiger partial charge in [-0.25, -0.2) is 5.06 Å². The Balaban J connectivity index is 0.000000535. The highest BCUT2D eigenvalue weighted by Gasteiger charge is 2.06. The van der Waals surface area contributed by atoms with E-state index in [0.717, 1.165) is 26.1 Å². The summed E-state index contributed by atoms with van der Waals surface area (Å²) in [6, 6.07) is 0. The fourth-order valence-electron chi connectivity index (χ4n) is 2.52. The Labute approximate surface area is 154 Å². The molecule has 0 aliphatic carbocycles. The fraction of sp³-hybridized carbons (Fsp3) is 0.889. The summed E-state index contributed by atoms with van der Waals surface area (Å²) in [6.07, 6.45) is 15.6. The van der Waals surface area contributed by atoms with Gasteiger partial charge in [-0.05, 0) is 13.3 Å². The molecule has 0 unspecified atom stereocenters. The van der Waals surface area contributed by atoms with Crippen LogP contribution in [0.25, 0.3) is 0 Å². The summed E-state index contributed by atoms with van der Waals surface area (Å²) in [5.41, 5.74) is 0. The van der Waals surface area contributed by atoms with E-state index in [1.54, 1.807) is 5.06 Å². The summed E-state index contributed by atoms with van der Waals surface area (Å²) < 4.78 is 29.4. The molecule has 0 aromatic carbocycles. The molecule has 0 aromatic rings. The molecular formula is C18H38N2O4S. The quantitative estimate of drug-likeness (QED) is 0.378. The first kappa shape index (κ1) is 24.2. The zero-order valence-electron chi connectivity index (χ0n) is 16.3. The predicted molar refractivity (Wildman–Crippen MR) is 103 cm³/mol. The summed E-state index contributed by atoms with van der Waals surface area (Å²) in [6.45, 7) is 5.77. The van der Waals surface area contributed by atoms with Gasteiger partial charge in [0.2, 0.25) is 0 Å². The van der Waals surface area contributed by atoms with Crippen molar-refractivity contribution in [2.24, 2.45) is 0 Å². The number of nitrogens with zero attached hydrogens (tertiary/aromatic N) is 2. The molecule has 1 aliphatic heterocycles. The van der Waals surface area contributed by atoms with Crippen LogP contribution in [0.3, 0.4) is 0 Å². The van der Waals surface area contributed by atoms with Gasteiger partial charge in [-0.1, -0.05) is 64.7 Å². The van der Waals surface area contributed by atoms with Crippen molar-refractivity contribution in [3.8, 4) is 0 Å². The second-order valence-electron chi connectivity index (χ2n) is 6.50. The van der Waals surface area contributed by atoms with E-state index in [2.05, 4.69) is 11.8 Å². The average molecular weight is 379 g/mol. The molecule has 0 spiro atoms. The van der Waals surface area contributed by atoms with Crippen LogP contribution in [0.4, 0.5) is 0 Å². The number of rotatable bonds is 13. The van der Waals surface area contributed by atoms with Gasteiger partial charge in [0.05, 0.1) is 12.4 Å². The maximum absolute atomic E-state index is 10.4. The largest absolute Gasteiger partial charge is 0.360 e. The van der Waals surface area contributed by atoms with Crippen LogP contribution in [0.2, 0.25) is 0 Å². The third-order valence-electron chi connectivity index (χ3n) is 3.90. The summed E-state index contributed by atoms with van der Waals surface area (Å²) in [5.74, 6) is -0.0799. The fourth-order valence-corrected chi connectivity index (χ4v) is 3.09. The van der Waals surface area contributed by atoms with Crippen molar-refractivity contribution < 1.29 is 17.8 Å². The highest BCUT2D eigenvalue weighted by molar-refractivity contribution is 7.85. The molecule has 7 heteroatoms. The first-order valence-corrected chi connectivity index (χ1v) is 11.2. The molecule has 25 heavy (non-hydrogen) atoms. The molecule has 0 saturated carbocycles. The minimum Gasteiger partial charge on any atom is -0.360 e. The van der Waals surface area contributed by atoms with E-state index in [-0.39, 0.29) is 5.75 Å². The van der Waals surface area contributed by atoms with Crippen molar-refractivity contribution >= 4 is 10.1 Å².